The first-order valence-corrected chi connectivity index (χ1v) is 10.2. The second-order valence-corrected chi connectivity index (χ2v) is 9.43. The Hall–Kier alpha value is -2.21. The lowest BCUT2D eigenvalue weighted by Gasteiger charge is -2.42. The topological polar surface area (TPSA) is 62.5 Å². The Labute approximate surface area is 167 Å². The summed E-state index contributed by atoms with van der Waals surface area (Å²) in [5.74, 6) is 1.60. The highest BCUT2D eigenvalue weighted by atomic mass is 16.3. The number of amides is 1. The van der Waals surface area contributed by atoms with Gasteiger partial charge in [-0.15, -0.1) is 0 Å². The Morgan fingerprint density at radius 2 is 1.96 bits per heavy atom. The van der Waals surface area contributed by atoms with E-state index in [9.17, 15) is 4.79 Å². The highest BCUT2D eigenvalue weighted by Crippen LogP contribution is 2.40. The molecule has 0 bridgehead atoms. The number of rotatable bonds is 3. The normalized spacial score (nSPS) is 23.5. The number of likely N-dealkylation sites (tertiary alicyclic amines) is 2. The van der Waals surface area contributed by atoms with Crippen molar-refractivity contribution in [3.05, 3.63) is 36.4 Å². The minimum Gasteiger partial charge on any atom is -0.461 e. The summed E-state index contributed by atoms with van der Waals surface area (Å²) in [5.41, 5.74) is 1.06. The molecule has 28 heavy (non-hydrogen) atoms. The molecule has 0 radical (unpaired) electrons. The fraction of sp³-hybridized carbons (Fsp3) is 0.591. The standard InChI is InChI=1S/C22H30N4O2/c1-21(2,3)20(27)26-9-5-7-22(16-26)8-10-25(15-22)14-17-12-23-19(24-13-17)18-6-4-11-28-18/h4,6,11-13H,5,7-10,14-16H2,1-3H3/t22-/m0/s1. The summed E-state index contributed by atoms with van der Waals surface area (Å²) >= 11 is 0. The van der Waals surface area contributed by atoms with Crippen LogP contribution in [0.3, 0.4) is 0 Å². The molecule has 0 aliphatic carbocycles. The zero-order valence-corrected chi connectivity index (χ0v) is 17.1. The van der Waals surface area contributed by atoms with Crippen molar-refractivity contribution in [1.82, 2.24) is 19.8 Å². The van der Waals surface area contributed by atoms with E-state index in [0.717, 1.165) is 51.1 Å². The summed E-state index contributed by atoms with van der Waals surface area (Å²) in [7, 11) is 0. The van der Waals surface area contributed by atoms with Crippen LogP contribution in [0.4, 0.5) is 0 Å². The monoisotopic (exact) mass is 382 g/mol. The number of aromatic nitrogens is 2. The molecule has 1 spiro atoms. The summed E-state index contributed by atoms with van der Waals surface area (Å²) in [6.07, 6.45) is 8.90. The molecule has 2 aromatic rings. The molecule has 0 N–H and O–H groups in total. The number of hydrogen-bond acceptors (Lipinski definition) is 5. The van der Waals surface area contributed by atoms with Crippen molar-refractivity contribution >= 4 is 5.91 Å². The third-order valence-electron chi connectivity index (χ3n) is 5.96. The van der Waals surface area contributed by atoms with E-state index in [-0.39, 0.29) is 16.7 Å². The molecule has 6 nitrogen and oxygen atoms in total. The zero-order valence-electron chi connectivity index (χ0n) is 17.1. The molecule has 4 heterocycles. The Kier molecular flexibility index (Phi) is 5.00. The van der Waals surface area contributed by atoms with Crippen LogP contribution in [0, 0.1) is 10.8 Å². The number of furan rings is 1. The highest BCUT2D eigenvalue weighted by Gasteiger charge is 2.43. The van der Waals surface area contributed by atoms with E-state index >= 15 is 0 Å². The van der Waals surface area contributed by atoms with Crippen molar-refractivity contribution in [2.75, 3.05) is 26.2 Å². The van der Waals surface area contributed by atoms with Gasteiger partial charge in [-0.1, -0.05) is 20.8 Å². The van der Waals surface area contributed by atoms with Crippen LogP contribution in [0.1, 0.15) is 45.6 Å². The smallest absolute Gasteiger partial charge is 0.227 e. The number of nitrogens with zero attached hydrogens (tertiary/aromatic N) is 4. The lowest BCUT2D eigenvalue weighted by Crippen LogP contribution is -2.50. The van der Waals surface area contributed by atoms with Crippen molar-refractivity contribution in [1.29, 1.82) is 0 Å². The van der Waals surface area contributed by atoms with Crippen LogP contribution in [-0.2, 0) is 11.3 Å². The average Bonchev–Trinajstić information content (AvgIpc) is 3.32. The van der Waals surface area contributed by atoms with E-state index in [1.54, 1.807) is 6.26 Å². The van der Waals surface area contributed by atoms with Crippen LogP contribution in [-0.4, -0.2) is 51.9 Å². The number of hydrogen-bond donors (Lipinski definition) is 0. The van der Waals surface area contributed by atoms with Gasteiger partial charge < -0.3 is 9.32 Å². The lowest BCUT2D eigenvalue weighted by atomic mass is 9.78. The van der Waals surface area contributed by atoms with Crippen LogP contribution in [0.25, 0.3) is 11.6 Å². The van der Waals surface area contributed by atoms with Gasteiger partial charge in [0.2, 0.25) is 5.91 Å². The fourth-order valence-corrected chi connectivity index (χ4v) is 4.58. The van der Waals surface area contributed by atoms with Gasteiger partial charge in [0.15, 0.2) is 11.6 Å². The molecule has 2 fully saturated rings. The maximum absolute atomic E-state index is 12.7. The summed E-state index contributed by atoms with van der Waals surface area (Å²) < 4.78 is 5.35. The number of carbonyl (C=O) groups is 1. The fourth-order valence-electron chi connectivity index (χ4n) is 4.58. The van der Waals surface area contributed by atoms with Gasteiger partial charge in [0.05, 0.1) is 6.26 Å². The molecule has 1 amide bonds. The van der Waals surface area contributed by atoms with Gasteiger partial charge in [-0.05, 0) is 37.9 Å². The summed E-state index contributed by atoms with van der Waals surface area (Å²) in [5, 5.41) is 0. The van der Waals surface area contributed by atoms with E-state index < -0.39 is 0 Å². The average molecular weight is 383 g/mol. The first kappa shape index (κ1) is 19.1. The molecule has 0 saturated carbocycles. The lowest BCUT2D eigenvalue weighted by molar-refractivity contribution is -0.143. The van der Waals surface area contributed by atoms with Crippen molar-refractivity contribution in [3.63, 3.8) is 0 Å². The molecule has 4 rings (SSSR count). The molecule has 0 unspecified atom stereocenters. The minimum atomic E-state index is -0.302. The molecular weight excluding hydrogens is 352 g/mol. The van der Waals surface area contributed by atoms with Gasteiger partial charge in [0, 0.05) is 55.0 Å². The van der Waals surface area contributed by atoms with E-state index in [2.05, 4.69) is 19.8 Å². The van der Waals surface area contributed by atoms with Crippen molar-refractivity contribution in [2.45, 2.75) is 46.6 Å². The molecule has 0 aromatic carbocycles. The highest BCUT2D eigenvalue weighted by molar-refractivity contribution is 5.81. The van der Waals surface area contributed by atoms with Gasteiger partial charge in [-0.25, -0.2) is 9.97 Å². The maximum atomic E-state index is 12.7. The second kappa shape index (κ2) is 7.32. The van der Waals surface area contributed by atoms with Crippen molar-refractivity contribution < 1.29 is 9.21 Å². The van der Waals surface area contributed by atoms with Gasteiger partial charge in [0.1, 0.15) is 0 Å². The molecule has 2 aromatic heterocycles. The molecule has 6 heteroatoms. The van der Waals surface area contributed by atoms with Crippen LogP contribution < -0.4 is 0 Å². The van der Waals surface area contributed by atoms with Gasteiger partial charge >= 0.3 is 0 Å². The van der Waals surface area contributed by atoms with Gasteiger partial charge in [-0.3, -0.25) is 9.69 Å². The Bertz CT molecular complexity index is 810. The molecule has 2 saturated heterocycles. The van der Waals surface area contributed by atoms with Crippen molar-refractivity contribution in [2.24, 2.45) is 10.8 Å². The summed E-state index contributed by atoms with van der Waals surface area (Å²) in [4.78, 5) is 26.2. The van der Waals surface area contributed by atoms with Crippen molar-refractivity contribution in [3.8, 4) is 11.6 Å². The molecular formula is C22H30N4O2. The molecule has 2 aliphatic heterocycles. The SMILES string of the molecule is CC(C)(C)C(=O)N1CCC[C@@]2(CCN(Cc3cnc(-c4ccco4)nc3)C2)C1. The van der Waals surface area contributed by atoms with Crippen LogP contribution in [0.15, 0.2) is 35.2 Å². The van der Waals surface area contributed by atoms with Gasteiger partial charge in [0.25, 0.3) is 0 Å². The molecule has 150 valence electrons. The Balaban J connectivity index is 1.38. The third kappa shape index (κ3) is 3.97. The van der Waals surface area contributed by atoms with Crippen LogP contribution in [0.2, 0.25) is 0 Å². The molecule has 1 atom stereocenters. The minimum absolute atomic E-state index is 0.244. The van der Waals surface area contributed by atoms with E-state index in [1.807, 2.05) is 45.3 Å². The van der Waals surface area contributed by atoms with Crippen LogP contribution in [0.5, 0.6) is 0 Å². The predicted octanol–water partition coefficient (Wildman–Crippen LogP) is 3.60. The second-order valence-electron chi connectivity index (χ2n) is 9.43. The molecule has 2 aliphatic rings. The Morgan fingerprint density at radius 3 is 2.64 bits per heavy atom. The maximum Gasteiger partial charge on any atom is 0.227 e. The zero-order chi connectivity index (χ0) is 19.8. The summed E-state index contributed by atoms with van der Waals surface area (Å²) in [6.45, 7) is 10.8. The summed E-state index contributed by atoms with van der Waals surface area (Å²) in [6, 6.07) is 3.71. The number of piperidine rings is 1. The quantitative estimate of drug-likeness (QED) is 0.812. The first-order chi connectivity index (χ1) is 13.3. The van der Waals surface area contributed by atoms with E-state index in [1.165, 1.54) is 6.42 Å². The Morgan fingerprint density at radius 1 is 1.18 bits per heavy atom. The largest absolute Gasteiger partial charge is 0.461 e. The predicted molar refractivity (Wildman–Crippen MR) is 107 cm³/mol. The van der Waals surface area contributed by atoms with E-state index in [0.29, 0.717) is 11.6 Å². The third-order valence-corrected chi connectivity index (χ3v) is 5.96. The van der Waals surface area contributed by atoms with Gasteiger partial charge in [-0.2, -0.15) is 0 Å². The van der Waals surface area contributed by atoms with E-state index in [4.69, 9.17) is 4.42 Å². The number of carbonyl (C=O) groups excluding carboxylic acids is 1. The first-order valence-electron chi connectivity index (χ1n) is 10.2. The van der Waals surface area contributed by atoms with Crippen LogP contribution >= 0.6 is 0 Å².